The largest absolute Gasteiger partial charge is 0.507 e. The SMILES string of the molecule is CC(c1ccccc1)(c1ccccc1)c1cc([N+](=O)[O-])cc(C=NC2CCCCC2)c1O. The molecule has 1 aliphatic carbocycles. The van der Waals surface area contributed by atoms with Crippen molar-refractivity contribution in [1.82, 2.24) is 0 Å². The second kappa shape index (κ2) is 9.35. The summed E-state index contributed by atoms with van der Waals surface area (Å²) in [5.41, 5.74) is 1.92. The molecule has 0 radical (unpaired) electrons. The van der Waals surface area contributed by atoms with Gasteiger partial charge in [-0.2, -0.15) is 0 Å². The number of phenols is 1. The summed E-state index contributed by atoms with van der Waals surface area (Å²) in [6.45, 7) is 2.00. The van der Waals surface area contributed by atoms with Gasteiger partial charge < -0.3 is 5.11 Å². The molecule has 0 heterocycles. The van der Waals surface area contributed by atoms with Crippen molar-refractivity contribution in [1.29, 1.82) is 0 Å². The first kappa shape index (κ1) is 21.8. The van der Waals surface area contributed by atoms with Gasteiger partial charge in [0.2, 0.25) is 0 Å². The average Bonchev–Trinajstić information content (AvgIpc) is 2.84. The molecular formula is C27H28N2O3. The number of nitrogens with zero attached hydrogens (tertiary/aromatic N) is 2. The average molecular weight is 429 g/mol. The van der Waals surface area contributed by atoms with Crippen molar-refractivity contribution in [2.75, 3.05) is 0 Å². The van der Waals surface area contributed by atoms with Crippen LogP contribution in [0.25, 0.3) is 0 Å². The summed E-state index contributed by atoms with van der Waals surface area (Å²) in [5.74, 6) is 0.0327. The van der Waals surface area contributed by atoms with Crippen molar-refractivity contribution >= 4 is 11.9 Å². The third kappa shape index (κ3) is 4.28. The Morgan fingerprint density at radius 2 is 1.53 bits per heavy atom. The Bertz CT molecular complexity index is 1070. The highest BCUT2D eigenvalue weighted by Gasteiger charge is 2.35. The summed E-state index contributed by atoms with van der Waals surface area (Å²) >= 11 is 0. The van der Waals surface area contributed by atoms with Crippen LogP contribution in [0.1, 0.15) is 61.3 Å². The van der Waals surface area contributed by atoms with Gasteiger partial charge in [-0.1, -0.05) is 79.9 Å². The lowest BCUT2D eigenvalue weighted by Crippen LogP contribution is -2.26. The molecule has 164 valence electrons. The number of rotatable bonds is 6. The molecule has 0 aromatic heterocycles. The molecule has 5 nitrogen and oxygen atoms in total. The molecule has 0 unspecified atom stereocenters. The molecule has 1 aliphatic rings. The number of phenolic OH excluding ortho intramolecular Hbond substituents is 1. The van der Waals surface area contributed by atoms with Gasteiger partial charge >= 0.3 is 0 Å². The highest BCUT2D eigenvalue weighted by molar-refractivity contribution is 5.86. The zero-order valence-corrected chi connectivity index (χ0v) is 18.3. The van der Waals surface area contributed by atoms with E-state index in [4.69, 9.17) is 0 Å². The molecule has 32 heavy (non-hydrogen) atoms. The Balaban J connectivity index is 1.90. The lowest BCUT2D eigenvalue weighted by atomic mass is 9.70. The first-order valence-electron chi connectivity index (χ1n) is 11.2. The summed E-state index contributed by atoms with van der Waals surface area (Å²) in [6.07, 6.45) is 7.18. The van der Waals surface area contributed by atoms with Crippen LogP contribution in [0.2, 0.25) is 0 Å². The highest BCUT2D eigenvalue weighted by Crippen LogP contribution is 2.45. The molecule has 0 aliphatic heterocycles. The Morgan fingerprint density at radius 1 is 0.969 bits per heavy atom. The van der Waals surface area contributed by atoms with Crippen molar-refractivity contribution in [2.24, 2.45) is 4.99 Å². The Morgan fingerprint density at radius 3 is 2.06 bits per heavy atom. The molecule has 3 aromatic carbocycles. The summed E-state index contributed by atoms with van der Waals surface area (Å²) in [6, 6.07) is 22.7. The predicted octanol–water partition coefficient (Wildman–Crippen LogP) is 6.41. The van der Waals surface area contributed by atoms with Crippen molar-refractivity contribution in [2.45, 2.75) is 50.5 Å². The van der Waals surface area contributed by atoms with E-state index in [1.54, 1.807) is 6.21 Å². The molecule has 5 heteroatoms. The lowest BCUT2D eigenvalue weighted by Gasteiger charge is -2.32. The van der Waals surface area contributed by atoms with Gasteiger partial charge in [0.05, 0.1) is 4.92 Å². The molecule has 4 rings (SSSR count). The summed E-state index contributed by atoms with van der Waals surface area (Å²) in [4.78, 5) is 16.1. The number of aromatic hydroxyl groups is 1. The van der Waals surface area contributed by atoms with Crippen LogP contribution in [0, 0.1) is 10.1 Å². The smallest absolute Gasteiger partial charge is 0.270 e. The Hall–Kier alpha value is -3.47. The monoisotopic (exact) mass is 428 g/mol. The van der Waals surface area contributed by atoms with Crippen molar-refractivity contribution in [3.63, 3.8) is 0 Å². The van der Waals surface area contributed by atoms with Crippen LogP contribution in [0.4, 0.5) is 5.69 Å². The third-order valence-corrected chi connectivity index (χ3v) is 6.58. The van der Waals surface area contributed by atoms with Crippen LogP contribution in [-0.2, 0) is 5.41 Å². The fourth-order valence-electron chi connectivity index (χ4n) is 4.66. The minimum Gasteiger partial charge on any atom is -0.507 e. The van der Waals surface area contributed by atoms with E-state index in [9.17, 15) is 15.2 Å². The summed E-state index contributed by atoms with van der Waals surface area (Å²) in [7, 11) is 0. The maximum atomic E-state index is 11.8. The van der Waals surface area contributed by atoms with Gasteiger partial charge in [0, 0.05) is 40.9 Å². The Labute approximate surface area is 188 Å². The Kier molecular flexibility index (Phi) is 6.35. The van der Waals surface area contributed by atoms with E-state index in [1.807, 2.05) is 67.6 Å². The number of nitro benzene ring substituents is 1. The molecule has 1 N–H and O–H groups in total. The van der Waals surface area contributed by atoms with E-state index >= 15 is 0 Å². The maximum absolute atomic E-state index is 11.8. The van der Waals surface area contributed by atoms with Crippen LogP contribution in [0.3, 0.4) is 0 Å². The topological polar surface area (TPSA) is 75.7 Å². The van der Waals surface area contributed by atoms with Crippen molar-refractivity contribution < 1.29 is 10.0 Å². The van der Waals surface area contributed by atoms with Gasteiger partial charge in [-0.05, 0) is 30.9 Å². The van der Waals surface area contributed by atoms with Crippen LogP contribution in [0.5, 0.6) is 5.75 Å². The second-order valence-electron chi connectivity index (χ2n) is 8.62. The molecule has 0 spiro atoms. The first-order chi connectivity index (χ1) is 15.5. The molecular weight excluding hydrogens is 400 g/mol. The normalized spacial score (nSPS) is 15.2. The molecule has 1 saturated carbocycles. The molecule has 0 saturated heterocycles. The number of benzene rings is 3. The number of non-ortho nitro benzene ring substituents is 1. The van der Waals surface area contributed by atoms with Crippen LogP contribution >= 0.6 is 0 Å². The molecule has 3 aromatic rings. The summed E-state index contributed by atoms with van der Waals surface area (Å²) in [5, 5.41) is 23.2. The van der Waals surface area contributed by atoms with E-state index < -0.39 is 10.3 Å². The number of hydrogen-bond acceptors (Lipinski definition) is 4. The fraction of sp³-hybridized carbons (Fsp3) is 0.296. The van der Waals surface area contributed by atoms with Crippen LogP contribution in [0.15, 0.2) is 77.8 Å². The van der Waals surface area contributed by atoms with E-state index in [0.29, 0.717) is 11.1 Å². The first-order valence-corrected chi connectivity index (χ1v) is 11.2. The number of hydrogen-bond donors (Lipinski definition) is 1. The number of nitro groups is 1. The van der Waals surface area contributed by atoms with E-state index in [0.717, 1.165) is 36.8 Å². The van der Waals surface area contributed by atoms with Crippen LogP contribution in [-0.4, -0.2) is 22.3 Å². The quantitative estimate of drug-likeness (QED) is 0.213. The standard InChI is InChI=1S/C27H28N2O3/c1-27(21-11-5-2-6-12-21,22-13-7-3-8-14-22)25-18-24(29(31)32)17-20(26(25)30)19-28-23-15-9-4-10-16-23/h2-3,5-8,11-14,17-19,23,30H,4,9-10,15-16H2,1H3. The minimum absolute atomic E-state index is 0.0327. The molecule has 0 amide bonds. The van der Waals surface area contributed by atoms with Gasteiger partial charge in [0.15, 0.2) is 0 Å². The fourth-order valence-corrected chi connectivity index (χ4v) is 4.66. The summed E-state index contributed by atoms with van der Waals surface area (Å²) < 4.78 is 0. The zero-order chi connectivity index (χ0) is 22.6. The van der Waals surface area contributed by atoms with Gasteiger partial charge in [-0.15, -0.1) is 0 Å². The van der Waals surface area contributed by atoms with Gasteiger partial charge in [-0.3, -0.25) is 15.1 Å². The lowest BCUT2D eigenvalue weighted by molar-refractivity contribution is -0.385. The zero-order valence-electron chi connectivity index (χ0n) is 18.3. The van der Waals surface area contributed by atoms with E-state index in [2.05, 4.69) is 4.99 Å². The third-order valence-electron chi connectivity index (χ3n) is 6.58. The predicted molar refractivity (Wildman–Crippen MR) is 128 cm³/mol. The number of aliphatic imine (C=N–C) groups is 1. The van der Waals surface area contributed by atoms with Gasteiger partial charge in [0.25, 0.3) is 5.69 Å². The van der Waals surface area contributed by atoms with Gasteiger partial charge in [0.1, 0.15) is 5.75 Å². The highest BCUT2D eigenvalue weighted by atomic mass is 16.6. The molecule has 0 bridgehead atoms. The molecule has 1 fully saturated rings. The second-order valence-corrected chi connectivity index (χ2v) is 8.62. The maximum Gasteiger partial charge on any atom is 0.270 e. The van der Waals surface area contributed by atoms with Gasteiger partial charge in [-0.25, -0.2) is 0 Å². The molecule has 0 atom stereocenters. The van der Waals surface area contributed by atoms with Crippen molar-refractivity contribution in [3.05, 3.63) is 105 Å². The van der Waals surface area contributed by atoms with E-state index in [1.165, 1.54) is 18.6 Å². The van der Waals surface area contributed by atoms with Crippen molar-refractivity contribution in [3.8, 4) is 5.75 Å². The minimum atomic E-state index is -0.786. The van der Waals surface area contributed by atoms with E-state index in [-0.39, 0.29) is 17.5 Å². The van der Waals surface area contributed by atoms with Crippen LogP contribution < -0.4 is 0 Å².